The molecule has 0 fully saturated rings. The summed E-state index contributed by atoms with van der Waals surface area (Å²) < 4.78 is 2.50. The largest absolute Gasteiger partial charge is 0.385 e. The molecular weight excluding hydrogens is 302 g/mol. The summed E-state index contributed by atoms with van der Waals surface area (Å²) >= 11 is 3.35. The van der Waals surface area contributed by atoms with Crippen LogP contribution in [-0.4, -0.2) is 9.55 Å². The molecule has 104 valence electrons. The van der Waals surface area contributed by atoms with Gasteiger partial charge in [0.1, 0.15) is 5.82 Å². The summed E-state index contributed by atoms with van der Waals surface area (Å²) in [5, 5.41) is 0. The summed E-state index contributed by atoms with van der Waals surface area (Å²) in [7, 11) is 0. The Bertz CT molecular complexity index is 493. The van der Waals surface area contributed by atoms with Gasteiger partial charge in [-0.3, -0.25) is 4.57 Å². The Hall–Kier alpha value is -1.29. The smallest absolute Gasteiger partial charge is 0.182 e. The second kappa shape index (κ2) is 7.34. The predicted molar refractivity (Wildman–Crippen MR) is 85.3 cm³/mol. The van der Waals surface area contributed by atoms with Crippen LogP contribution in [0.2, 0.25) is 0 Å². The van der Waals surface area contributed by atoms with Crippen molar-refractivity contribution in [2.24, 2.45) is 17.6 Å². The minimum atomic E-state index is 0.463. The van der Waals surface area contributed by atoms with E-state index in [0.29, 0.717) is 22.4 Å². The van der Waals surface area contributed by atoms with Crippen molar-refractivity contribution in [2.75, 3.05) is 0 Å². The van der Waals surface area contributed by atoms with Gasteiger partial charge in [-0.2, -0.15) is 0 Å². The zero-order valence-electron chi connectivity index (χ0n) is 12.0. The van der Waals surface area contributed by atoms with Crippen LogP contribution in [0.15, 0.2) is 47.0 Å². The van der Waals surface area contributed by atoms with E-state index in [-0.39, 0.29) is 0 Å². The molecule has 0 bridgehead atoms. The highest BCUT2D eigenvalue weighted by atomic mass is 79.9. The lowest BCUT2D eigenvalue weighted by Gasteiger charge is -2.07. The standard InChI is InChI=1S/C15H22BrN3/c1-11(2)5-6-13(12(3)4)7-8-14(17)19-10-9-18-15(19)16/h5-12H,17H2,1-4H3/b6-5+,13-7+,14-8+. The highest BCUT2D eigenvalue weighted by Gasteiger charge is 2.01. The van der Waals surface area contributed by atoms with Crippen LogP contribution in [0.1, 0.15) is 27.7 Å². The predicted octanol–water partition coefficient (Wildman–Crippen LogP) is 4.20. The van der Waals surface area contributed by atoms with E-state index in [9.17, 15) is 0 Å². The number of aromatic nitrogens is 2. The molecule has 0 saturated carbocycles. The van der Waals surface area contributed by atoms with Crippen molar-refractivity contribution < 1.29 is 0 Å². The third-order valence-corrected chi connectivity index (χ3v) is 3.25. The molecule has 0 unspecified atom stereocenters. The van der Waals surface area contributed by atoms with E-state index in [1.807, 2.05) is 12.3 Å². The lowest BCUT2D eigenvalue weighted by atomic mass is 10.0. The average Bonchev–Trinajstić information content (AvgIpc) is 2.74. The first kappa shape index (κ1) is 15.8. The number of hydrogen-bond acceptors (Lipinski definition) is 2. The second-order valence-corrected chi connectivity index (χ2v) is 5.79. The summed E-state index contributed by atoms with van der Waals surface area (Å²) in [6.45, 7) is 8.68. The molecule has 1 rings (SSSR count). The molecule has 2 N–H and O–H groups in total. The van der Waals surface area contributed by atoms with Gasteiger partial charge in [-0.15, -0.1) is 0 Å². The summed E-state index contributed by atoms with van der Waals surface area (Å²) in [6, 6.07) is 0. The molecule has 0 amide bonds. The third kappa shape index (κ3) is 5.07. The number of hydrogen-bond donors (Lipinski definition) is 1. The number of halogens is 1. The van der Waals surface area contributed by atoms with Gasteiger partial charge in [-0.25, -0.2) is 4.98 Å². The maximum absolute atomic E-state index is 6.03. The van der Waals surface area contributed by atoms with Gasteiger partial charge in [0.05, 0.1) is 0 Å². The van der Waals surface area contributed by atoms with Crippen molar-refractivity contribution in [1.29, 1.82) is 0 Å². The van der Waals surface area contributed by atoms with Crippen LogP contribution in [0.3, 0.4) is 0 Å². The molecule has 0 radical (unpaired) electrons. The Morgan fingerprint density at radius 1 is 1.32 bits per heavy atom. The van der Waals surface area contributed by atoms with Crippen LogP contribution in [0.5, 0.6) is 0 Å². The Labute approximate surface area is 124 Å². The lowest BCUT2D eigenvalue weighted by Crippen LogP contribution is -2.05. The van der Waals surface area contributed by atoms with Gasteiger partial charge < -0.3 is 5.73 Å². The van der Waals surface area contributed by atoms with Gasteiger partial charge in [0.25, 0.3) is 0 Å². The Morgan fingerprint density at radius 2 is 2.00 bits per heavy atom. The molecule has 1 aromatic rings. The normalized spacial score (nSPS) is 14.1. The highest BCUT2D eigenvalue weighted by Crippen LogP contribution is 2.15. The van der Waals surface area contributed by atoms with Crippen LogP contribution >= 0.6 is 15.9 Å². The second-order valence-electron chi connectivity index (χ2n) is 5.08. The van der Waals surface area contributed by atoms with E-state index in [2.05, 4.69) is 66.8 Å². The van der Waals surface area contributed by atoms with E-state index in [1.54, 1.807) is 10.8 Å². The molecule has 0 saturated heterocycles. The topological polar surface area (TPSA) is 43.8 Å². The van der Waals surface area contributed by atoms with Gasteiger partial charge in [-0.1, -0.05) is 45.9 Å². The van der Waals surface area contributed by atoms with Crippen molar-refractivity contribution in [3.8, 4) is 0 Å². The first-order valence-electron chi connectivity index (χ1n) is 6.46. The number of nitrogens with two attached hydrogens (primary N) is 1. The third-order valence-electron chi connectivity index (χ3n) is 2.66. The van der Waals surface area contributed by atoms with E-state index < -0.39 is 0 Å². The monoisotopic (exact) mass is 323 g/mol. The molecule has 3 nitrogen and oxygen atoms in total. The van der Waals surface area contributed by atoms with Crippen molar-refractivity contribution in [2.45, 2.75) is 27.7 Å². The number of imidazole rings is 1. The van der Waals surface area contributed by atoms with Crippen LogP contribution in [0.4, 0.5) is 0 Å². The Kier molecular flexibility index (Phi) is 6.09. The van der Waals surface area contributed by atoms with Crippen LogP contribution in [-0.2, 0) is 0 Å². The molecule has 0 spiro atoms. The van der Waals surface area contributed by atoms with Gasteiger partial charge in [0, 0.05) is 12.4 Å². The van der Waals surface area contributed by atoms with E-state index in [0.717, 1.165) is 0 Å². The molecule has 1 aromatic heterocycles. The fourth-order valence-corrected chi connectivity index (χ4v) is 1.92. The molecule has 0 aromatic carbocycles. The minimum absolute atomic E-state index is 0.463. The number of nitrogens with zero attached hydrogens (tertiary/aromatic N) is 2. The molecule has 19 heavy (non-hydrogen) atoms. The summed E-state index contributed by atoms with van der Waals surface area (Å²) in [6.07, 6.45) is 11.9. The maximum atomic E-state index is 6.03. The van der Waals surface area contributed by atoms with E-state index >= 15 is 0 Å². The van der Waals surface area contributed by atoms with Crippen LogP contribution in [0, 0.1) is 11.8 Å². The summed E-state index contributed by atoms with van der Waals surface area (Å²) in [4.78, 5) is 4.08. The minimum Gasteiger partial charge on any atom is -0.385 e. The highest BCUT2D eigenvalue weighted by molar-refractivity contribution is 9.10. The Balaban J connectivity index is 2.95. The van der Waals surface area contributed by atoms with Crippen molar-refractivity contribution in [3.05, 3.63) is 47.0 Å². The Morgan fingerprint density at radius 3 is 2.47 bits per heavy atom. The maximum Gasteiger partial charge on any atom is 0.182 e. The molecular formula is C15H22BrN3. The zero-order chi connectivity index (χ0) is 14.4. The van der Waals surface area contributed by atoms with Crippen molar-refractivity contribution in [1.82, 2.24) is 9.55 Å². The molecule has 0 atom stereocenters. The van der Waals surface area contributed by atoms with Crippen molar-refractivity contribution in [3.63, 3.8) is 0 Å². The average molecular weight is 324 g/mol. The zero-order valence-corrected chi connectivity index (χ0v) is 13.6. The van der Waals surface area contributed by atoms with Gasteiger partial charge in [0.2, 0.25) is 0 Å². The molecule has 0 aliphatic rings. The first-order valence-corrected chi connectivity index (χ1v) is 7.26. The molecule has 1 heterocycles. The van der Waals surface area contributed by atoms with Gasteiger partial charge >= 0.3 is 0 Å². The van der Waals surface area contributed by atoms with Crippen molar-refractivity contribution >= 4 is 21.8 Å². The lowest BCUT2D eigenvalue weighted by molar-refractivity contribution is 0.780. The summed E-state index contributed by atoms with van der Waals surface area (Å²) in [5.41, 5.74) is 7.29. The molecule has 4 heteroatoms. The number of allylic oxidation sites excluding steroid dienone is 5. The molecule has 0 aliphatic heterocycles. The molecule has 0 aliphatic carbocycles. The quantitative estimate of drug-likeness (QED) is 0.825. The first-order chi connectivity index (χ1) is 8.91. The summed E-state index contributed by atoms with van der Waals surface area (Å²) in [5.74, 6) is 1.65. The number of rotatable bonds is 5. The fourth-order valence-electron chi connectivity index (χ4n) is 1.48. The van der Waals surface area contributed by atoms with E-state index in [4.69, 9.17) is 5.73 Å². The van der Waals surface area contributed by atoms with Crippen LogP contribution in [0.25, 0.3) is 5.82 Å². The SMILES string of the molecule is CC(C)/C=C/C(=C\C=C(/N)n1ccnc1Br)C(C)C. The van der Waals surface area contributed by atoms with Gasteiger partial charge in [-0.05, 0) is 39.4 Å². The van der Waals surface area contributed by atoms with Crippen LogP contribution < -0.4 is 5.73 Å². The van der Waals surface area contributed by atoms with Gasteiger partial charge in [0.15, 0.2) is 4.73 Å². The van der Waals surface area contributed by atoms with E-state index in [1.165, 1.54) is 5.57 Å². The fraction of sp³-hybridized carbons (Fsp3) is 0.400.